The Hall–Kier alpha value is -3.57. The summed E-state index contributed by atoms with van der Waals surface area (Å²) in [4.78, 5) is 28.7. The van der Waals surface area contributed by atoms with Crippen molar-refractivity contribution in [1.82, 2.24) is 10.2 Å². The van der Waals surface area contributed by atoms with Crippen LogP contribution in [0, 0.1) is 0 Å². The highest BCUT2D eigenvalue weighted by Crippen LogP contribution is 2.38. The van der Waals surface area contributed by atoms with Crippen molar-refractivity contribution in [2.24, 2.45) is 0 Å². The van der Waals surface area contributed by atoms with E-state index < -0.39 is 45.3 Å². The highest BCUT2D eigenvalue weighted by atomic mass is 35.5. The Labute approximate surface area is 261 Å². The third kappa shape index (κ3) is 8.12. The molecule has 44 heavy (non-hydrogen) atoms. The molecule has 7 nitrogen and oxygen atoms in total. The van der Waals surface area contributed by atoms with Gasteiger partial charge in [-0.2, -0.15) is 13.2 Å². The Morgan fingerprint density at radius 2 is 1.59 bits per heavy atom. The topological polar surface area (TPSA) is 86.8 Å². The molecule has 0 bridgehead atoms. The summed E-state index contributed by atoms with van der Waals surface area (Å²) in [7, 11) is -4.52. The van der Waals surface area contributed by atoms with E-state index in [0.717, 1.165) is 43.4 Å². The molecule has 0 spiro atoms. The van der Waals surface area contributed by atoms with Gasteiger partial charge in [-0.25, -0.2) is 8.42 Å². The van der Waals surface area contributed by atoms with Crippen LogP contribution in [0.25, 0.3) is 0 Å². The maximum Gasteiger partial charge on any atom is 0.417 e. The Bertz CT molecular complexity index is 1530. The minimum absolute atomic E-state index is 0.00700. The number of benzene rings is 3. The number of nitrogens with one attached hydrogen (secondary N) is 1. The lowest BCUT2D eigenvalue weighted by Gasteiger charge is -2.34. The second-order valence-corrected chi connectivity index (χ2v) is 13.0. The number of nitrogens with zero attached hydrogens (tertiary/aromatic N) is 2. The number of rotatable bonds is 12. The molecule has 3 aromatic rings. The molecule has 1 fully saturated rings. The first-order valence-corrected chi connectivity index (χ1v) is 16.3. The zero-order chi connectivity index (χ0) is 31.9. The van der Waals surface area contributed by atoms with Gasteiger partial charge in [-0.1, -0.05) is 79.9 Å². The summed E-state index contributed by atoms with van der Waals surface area (Å²) in [5, 5.41) is 2.42. The first kappa shape index (κ1) is 33.3. The first-order chi connectivity index (χ1) is 20.9. The van der Waals surface area contributed by atoms with Gasteiger partial charge in [-0.15, -0.1) is 0 Å². The molecule has 1 aliphatic carbocycles. The third-order valence-electron chi connectivity index (χ3n) is 7.73. The fourth-order valence-corrected chi connectivity index (χ4v) is 7.05. The van der Waals surface area contributed by atoms with Crippen molar-refractivity contribution < 1.29 is 31.2 Å². The van der Waals surface area contributed by atoms with Gasteiger partial charge in [-0.3, -0.25) is 13.9 Å². The largest absolute Gasteiger partial charge is 0.417 e. The molecule has 0 heterocycles. The minimum Gasteiger partial charge on any atom is -0.352 e. The van der Waals surface area contributed by atoms with E-state index in [2.05, 4.69) is 5.32 Å². The van der Waals surface area contributed by atoms with Crippen LogP contribution in [0.4, 0.5) is 18.9 Å². The SMILES string of the molecule is CC[C@H](C(=O)NC1CCCC1)N(CCc1ccccc1)C(=O)CN(c1ccc(Cl)c(C(F)(F)F)c1)S(=O)(=O)c1ccccc1. The average Bonchev–Trinajstić information content (AvgIpc) is 3.51. The predicted molar refractivity (Wildman–Crippen MR) is 164 cm³/mol. The normalized spacial score (nSPS) is 14.7. The zero-order valence-electron chi connectivity index (χ0n) is 24.3. The van der Waals surface area contributed by atoms with Crippen LogP contribution < -0.4 is 9.62 Å². The van der Waals surface area contributed by atoms with E-state index in [1.165, 1.54) is 29.2 Å². The highest BCUT2D eigenvalue weighted by molar-refractivity contribution is 7.92. The number of alkyl halides is 3. The summed E-state index contributed by atoms with van der Waals surface area (Å²) in [6.45, 7) is 1.01. The fraction of sp³-hybridized carbons (Fsp3) is 0.375. The van der Waals surface area contributed by atoms with Gasteiger partial charge in [0, 0.05) is 12.6 Å². The van der Waals surface area contributed by atoms with Gasteiger partial charge in [0.05, 0.1) is 21.2 Å². The molecular weight excluding hydrogens is 615 g/mol. The molecule has 0 unspecified atom stereocenters. The number of amides is 2. The van der Waals surface area contributed by atoms with Gasteiger partial charge in [0.15, 0.2) is 0 Å². The van der Waals surface area contributed by atoms with Gasteiger partial charge in [0.2, 0.25) is 11.8 Å². The van der Waals surface area contributed by atoms with Gasteiger partial charge in [-0.05, 0) is 61.6 Å². The van der Waals surface area contributed by atoms with Crippen molar-refractivity contribution in [3.63, 3.8) is 0 Å². The molecule has 1 N–H and O–H groups in total. The Kier molecular flexibility index (Phi) is 11.0. The van der Waals surface area contributed by atoms with Crippen LogP contribution in [0.15, 0.2) is 83.8 Å². The lowest BCUT2D eigenvalue weighted by atomic mass is 10.1. The summed E-state index contributed by atoms with van der Waals surface area (Å²) < 4.78 is 69.8. The molecule has 2 amide bonds. The van der Waals surface area contributed by atoms with Crippen molar-refractivity contribution >= 4 is 39.1 Å². The van der Waals surface area contributed by atoms with Crippen molar-refractivity contribution in [3.8, 4) is 0 Å². The van der Waals surface area contributed by atoms with Crippen LogP contribution in [0.2, 0.25) is 5.02 Å². The number of hydrogen-bond donors (Lipinski definition) is 1. The van der Waals surface area contributed by atoms with Crippen LogP contribution in [0.1, 0.15) is 50.2 Å². The summed E-state index contributed by atoms with van der Waals surface area (Å²) in [6.07, 6.45) is -0.583. The number of carbonyl (C=O) groups is 2. The highest BCUT2D eigenvalue weighted by Gasteiger charge is 2.37. The molecule has 0 aliphatic heterocycles. The summed E-state index contributed by atoms with van der Waals surface area (Å²) >= 11 is 5.83. The van der Waals surface area contributed by atoms with E-state index in [-0.39, 0.29) is 35.5 Å². The van der Waals surface area contributed by atoms with Crippen molar-refractivity contribution in [1.29, 1.82) is 0 Å². The van der Waals surface area contributed by atoms with Crippen molar-refractivity contribution in [2.45, 2.75) is 68.6 Å². The molecular formula is C32H35ClF3N3O4S. The maximum atomic E-state index is 14.1. The smallest absolute Gasteiger partial charge is 0.352 e. The zero-order valence-corrected chi connectivity index (χ0v) is 25.8. The number of hydrogen-bond acceptors (Lipinski definition) is 4. The average molecular weight is 650 g/mol. The number of anilines is 1. The lowest BCUT2D eigenvalue weighted by molar-refractivity contribution is -0.139. The Morgan fingerprint density at radius 3 is 2.18 bits per heavy atom. The first-order valence-electron chi connectivity index (χ1n) is 14.5. The summed E-state index contributed by atoms with van der Waals surface area (Å²) in [6, 6.07) is 18.2. The molecule has 0 radical (unpaired) electrons. The monoisotopic (exact) mass is 649 g/mol. The molecule has 1 aliphatic rings. The van der Waals surface area contributed by atoms with E-state index in [4.69, 9.17) is 11.6 Å². The Morgan fingerprint density at radius 1 is 0.977 bits per heavy atom. The van der Waals surface area contributed by atoms with Crippen LogP contribution in [-0.2, 0) is 32.2 Å². The van der Waals surface area contributed by atoms with Gasteiger partial charge >= 0.3 is 6.18 Å². The number of halogens is 4. The quantitative estimate of drug-likeness (QED) is 0.244. The molecule has 4 rings (SSSR count). The van der Waals surface area contributed by atoms with Crippen molar-refractivity contribution in [2.75, 3.05) is 17.4 Å². The van der Waals surface area contributed by atoms with E-state index in [0.29, 0.717) is 16.8 Å². The van der Waals surface area contributed by atoms with Crippen LogP contribution >= 0.6 is 11.6 Å². The Balaban J connectivity index is 1.73. The van der Waals surface area contributed by atoms with Gasteiger partial charge < -0.3 is 10.2 Å². The molecule has 3 aromatic carbocycles. The molecule has 1 atom stereocenters. The van der Waals surface area contributed by atoms with Crippen LogP contribution in [-0.4, -0.2) is 50.3 Å². The van der Waals surface area contributed by atoms with E-state index >= 15 is 0 Å². The maximum absolute atomic E-state index is 14.1. The van der Waals surface area contributed by atoms with E-state index in [1.54, 1.807) is 13.0 Å². The molecule has 0 aromatic heterocycles. The van der Waals surface area contributed by atoms with Crippen LogP contribution in [0.3, 0.4) is 0 Å². The second kappa shape index (κ2) is 14.5. The molecule has 0 saturated heterocycles. The fourth-order valence-electron chi connectivity index (χ4n) is 5.40. The molecule has 236 valence electrons. The standard InChI is InChI=1S/C32H35ClF3N3O4S/c1-2-29(31(41)37-24-13-9-10-14-24)38(20-19-23-11-5-3-6-12-23)30(40)22-39(44(42,43)26-15-7-4-8-16-26)25-17-18-28(33)27(21-25)32(34,35)36/h3-8,11-12,15-18,21,24,29H,2,9-10,13-14,19-20,22H2,1H3,(H,37,41)/t29-/m1/s1. The molecule has 1 saturated carbocycles. The van der Waals surface area contributed by atoms with E-state index in [9.17, 15) is 31.2 Å². The minimum atomic E-state index is -4.87. The number of sulfonamides is 1. The lowest BCUT2D eigenvalue weighted by Crippen LogP contribution is -2.54. The van der Waals surface area contributed by atoms with E-state index in [1.807, 2.05) is 30.3 Å². The summed E-state index contributed by atoms with van der Waals surface area (Å²) in [5.74, 6) is -1.07. The van der Waals surface area contributed by atoms with Crippen LogP contribution in [0.5, 0.6) is 0 Å². The van der Waals surface area contributed by atoms with Gasteiger partial charge in [0.25, 0.3) is 10.0 Å². The van der Waals surface area contributed by atoms with Crippen molar-refractivity contribution in [3.05, 3.63) is 95.0 Å². The number of carbonyl (C=O) groups excluding carboxylic acids is 2. The predicted octanol–water partition coefficient (Wildman–Crippen LogP) is 6.46. The van der Waals surface area contributed by atoms with Gasteiger partial charge in [0.1, 0.15) is 12.6 Å². The third-order valence-corrected chi connectivity index (χ3v) is 9.84. The molecule has 12 heteroatoms. The summed E-state index contributed by atoms with van der Waals surface area (Å²) in [5.41, 5.74) is -0.719. The second-order valence-electron chi connectivity index (χ2n) is 10.7.